The van der Waals surface area contributed by atoms with Crippen LogP contribution in [0.5, 0.6) is 5.75 Å². The molecule has 1 amide bonds. The highest BCUT2D eigenvalue weighted by Crippen LogP contribution is 2.20. The highest BCUT2D eigenvalue weighted by molar-refractivity contribution is 9.10. The van der Waals surface area contributed by atoms with Crippen molar-refractivity contribution in [3.05, 3.63) is 58.1 Å². The zero-order valence-corrected chi connectivity index (χ0v) is 15.7. The summed E-state index contributed by atoms with van der Waals surface area (Å²) < 4.78 is 6.19. The summed E-state index contributed by atoms with van der Waals surface area (Å²) in [6, 6.07) is 14.0. The molecule has 4 nitrogen and oxygen atoms in total. The number of carbonyl (C=O) groups is 1. The monoisotopic (exact) mass is 390 g/mol. The van der Waals surface area contributed by atoms with Gasteiger partial charge in [-0.2, -0.15) is 0 Å². The van der Waals surface area contributed by atoms with Crippen LogP contribution in [0.25, 0.3) is 0 Å². The Labute approximate surface area is 151 Å². The maximum atomic E-state index is 11.9. The number of carbonyl (C=O) groups excluding carboxylic acids is 1. The fraction of sp³-hybridized carbons (Fsp3) is 0.316. The Kier molecular flexibility index (Phi) is 7.12. The summed E-state index contributed by atoms with van der Waals surface area (Å²) in [7, 11) is 1.65. The Balaban J connectivity index is 1.64. The number of hydrogen-bond acceptors (Lipinski definition) is 3. The predicted molar refractivity (Wildman–Crippen MR) is 102 cm³/mol. The van der Waals surface area contributed by atoms with Gasteiger partial charge in [-0.25, -0.2) is 0 Å². The van der Waals surface area contributed by atoms with Crippen molar-refractivity contribution in [3.8, 4) is 5.75 Å². The number of ether oxygens (including phenoxy) is 1. The number of rotatable bonds is 8. The van der Waals surface area contributed by atoms with E-state index in [1.54, 1.807) is 7.11 Å². The van der Waals surface area contributed by atoms with E-state index < -0.39 is 0 Å². The van der Waals surface area contributed by atoms with Gasteiger partial charge in [0.25, 0.3) is 0 Å². The van der Waals surface area contributed by atoms with Crippen LogP contribution in [0.4, 0.5) is 5.69 Å². The second-order valence-electron chi connectivity index (χ2n) is 5.59. The molecule has 2 aromatic carbocycles. The highest BCUT2D eigenvalue weighted by Gasteiger charge is 2.02. The standard InChI is InChI=1S/C19H23BrN2O2/c1-14-3-6-16(13-18(14)20)21-12-10-19(23)22-11-9-15-4-7-17(24-2)8-5-15/h3-8,13,21H,9-12H2,1-2H3,(H,22,23). The van der Waals surface area contributed by atoms with Crippen LogP contribution >= 0.6 is 15.9 Å². The first-order valence-corrected chi connectivity index (χ1v) is 8.77. The Morgan fingerprint density at radius 1 is 1.12 bits per heavy atom. The third kappa shape index (κ3) is 5.89. The molecule has 0 unspecified atom stereocenters. The first-order chi connectivity index (χ1) is 11.6. The molecule has 0 saturated heterocycles. The normalized spacial score (nSPS) is 10.3. The first kappa shape index (κ1) is 18.3. The van der Waals surface area contributed by atoms with Gasteiger partial charge in [0, 0.05) is 29.7 Å². The Hall–Kier alpha value is -2.01. The molecule has 5 heteroatoms. The number of halogens is 1. The van der Waals surface area contributed by atoms with Gasteiger partial charge >= 0.3 is 0 Å². The van der Waals surface area contributed by atoms with Gasteiger partial charge in [0.15, 0.2) is 0 Å². The molecule has 0 spiro atoms. The van der Waals surface area contributed by atoms with Crippen LogP contribution in [-0.2, 0) is 11.2 Å². The summed E-state index contributed by atoms with van der Waals surface area (Å²) >= 11 is 3.51. The van der Waals surface area contributed by atoms with Gasteiger partial charge in [-0.1, -0.05) is 34.1 Å². The summed E-state index contributed by atoms with van der Waals surface area (Å²) in [5, 5.41) is 6.21. The largest absolute Gasteiger partial charge is 0.497 e. The first-order valence-electron chi connectivity index (χ1n) is 7.98. The van der Waals surface area contributed by atoms with Crippen LogP contribution in [0.15, 0.2) is 46.9 Å². The fourth-order valence-corrected chi connectivity index (χ4v) is 2.63. The van der Waals surface area contributed by atoms with E-state index in [-0.39, 0.29) is 5.91 Å². The number of benzene rings is 2. The van der Waals surface area contributed by atoms with Crippen molar-refractivity contribution in [2.45, 2.75) is 19.8 Å². The molecule has 0 aliphatic heterocycles. The number of hydrogen-bond donors (Lipinski definition) is 2. The molecule has 0 aliphatic rings. The molecule has 0 radical (unpaired) electrons. The van der Waals surface area contributed by atoms with E-state index in [0.29, 0.717) is 19.5 Å². The van der Waals surface area contributed by atoms with Gasteiger partial charge in [0.1, 0.15) is 5.75 Å². The van der Waals surface area contributed by atoms with Crippen molar-refractivity contribution >= 4 is 27.5 Å². The minimum atomic E-state index is 0.0576. The molecule has 0 heterocycles. The third-order valence-corrected chi connectivity index (χ3v) is 4.60. The molecular formula is C19H23BrN2O2. The number of amides is 1. The minimum Gasteiger partial charge on any atom is -0.497 e. The quantitative estimate of drug-likeness (QED) is 0.717. The summed E-state index contributed by atoms with van der Waals surface area (Å²) in [6.45, 7) is 3.30. The molecule has 128 valence electrons. The number of methoxy groups -OCH3 is 1. The number of aryl methyl sites for hydroxylation is 1. The second kappa shape index (κ2) is 9.33. The zero-order valence-electron chi connectivity index (χ0n) is 14.1. The summed E-state index contributed by atoms with van der Waals surface area (Å²) in [5.41, 5.74) is 3.38. The fourth-order valence-electron chi connectivity index (χ4n) is 2.25. The van der Waals surface area contributed by atoms with Crippen molar-refractivity contribution < 1.29 is 9.53 Å². The second-order valence-corrected chi connectivity index (χ2v) is 6.44. The van der Waals surface area contributed by atoms with Crippen LogP contribution < -0.4 is 15.4 Å². The Bertz CT molecular complexity index is 672. The lowest BCUT2D eigenvalue weighted by Crippen LogP contribution is -2.27. The molecule has 24 heavy (non-hydrogen) atoms. The average Bonchev–Trinajstić information content (AvgIpc) is 2.59. The van der Waals surface area contributed by atoms with Gasteiger partial charge in [0.2, 0.25) is 5.91 Å². The molecule has 0 aromatic heterocycles. The van der Waals surface area contributed by atoms with E-state index in [2.05, 4.69) is 26.6 Å². The maximum Gasteiger partial charge on any atom is 0.221 e. The lowest BCUT2D eigenvalue weighted by molar-refractivity contribution is -0.120. The van der Waals surface area contributed by atoms with E-state index in [4.69, 9.17) is 4.74 Å². The highest BCUT2D eigenvalue weighted by atomic mass is 79.9. The predicted octanol–water partition coefficient (Wildman–Crippen LogP) is 3.93. The lowest BCUT2D eigenvalue weighted by atomic mass is 10.1. The molecular weight excluding hydrogens is 368 g/mol. The zero-order chi connectivity index (χ0) is 17.4. The molecule has 2 N–H and O–H groups in total. The van der Waals surface area contributed by atoms with Crippen LogP contribution in [-0.4, -0.2) is 26.1 Å². The SMILES string of the molecule is COc1ccc(CCNC(=O)CCNc2ccc(C)c(Br)c2)cc1. The van der Waals surface area contributed by atoms with Gasteiger partial charge in [-0.15, -0.1) is 0 Å². The summed E-state index contributed by atoms with van der Waals surface area (Å²) in [4.78, 5) is 11.9. The van der Waals surface area contributed by atoms with E-state index in [0.717, 1.165) is 22.3 Å². The van der Waals surface area contributed by atoms with Crippen molar-refractivity contribution in [3.63, 3.8) is 0 Å². The molecule has 0 atom stereocenters. The molecule has 0 bridgehead atoms. The average molecular weight is 391 g/mol. The van der Waals surface area contributed by atoms with Crippen molar-refractivity contribution in [1.29, 1.82) is 0 Å². The van der Waals surface area contributed by atoms with E-state index in [1.807, 2.05) is 49.4 Å². The van der Waals surface area contributed by atoms with E-state index in [9.17, 15) is 4.79 Å². The number of anilines is 1. The van der Waals surface area contributed by atoms with Gasteiger partial charge in [-0.05, 0) is 48.7 Å². The lowest BCUT2D eigenvalue weighted by Gasteiger charge is -2.09. The van der Waals surface area contributed by atoms with Gasteiger partial charge < -0.3 is 15.4 Å². The molecule has 2 rings (SSSR count). The Morgan fingerprint density at radius 2 is 1.88 bits per heavy atom. The summed E-state index contributed by atoms with van der Waals surface area (Å²) in [6.07, 6.45) is 1.27. The van der Waals surface area contributed by atoms with E-state index in [1.165, 1.54) is 11.1 Å². The minimum absolute atomic E-state index is 0.0576. The third-order valence-electron chi connectivity index (χ3n) is 3.75. The molecule has 0 aliphatic carbocycles. The molecule has 0 saturated carbocycles. The molecule has 2 aromatic rings. The van der Waals surface area contributed by atoms with Crippen molar-refractivity contribution in [2.75, 3.05) is 25.5 Å². The maximum absolute atomic E-state index is 11.9. The topological polar surface area (TPSA) is 50.4 Å². The van der Waals surface area contributed by atoms with Crippen LogP contribution in [0.1, 0.15) is 17.5 Å². The van der Waals surface area contributed by atoms with Crippen LogP contribution in [0, 0.1) is 6.92 Å². The Morgan fingerprint density at radius 3 is 2.54 bits per heavy atom. The number of nitrogens with one attached hydrogen (secondary N) is 2. The smallest absolute Gasteiger partial charge is 0.221 e. The van der Waals surface area contributed by atoms with Gasteiger partial charge in [-0.3, -0.25) is 4.79 Å². The van der Waals surface area contributed by atoms with Crippen LogP contribution in [0.2, 0.25) is 0 Å². The van der Waals surface area contributed by atoms with Crippen LogP contribution in [0.3, 0.4) is 0 Å². The van der Waals surface area contributed by atoms with Crippen molar-refractivity contribution in [1.82, 2.24) is 5.32 Å². The molecule has 0 fully saturated rings. The van der Waals surface area contributed by atoms with Crippen molar-refractivity contribution in [2.24, 2.45) is 0 Å². The van der Waals surface area contributed by atoms with E-state index >= 15 is 0 Å². The summed E-state index contributed by atoms with van der Waals surface area (Å²) in [5.74, 6) is 0.902. The van der Waals surface area contributed by atoms with Gasteiger partial charge in [0.05, 0.1) is 7.11 Å².